The molecule has 1 aliphatic carbocycles. The molecule has 1 saturated carbocycles. The first-order valence-corrected chi connectivity index (χ1v) is 7.57. The summed E-state index contributed by atoms with van der Waals surface area (Å²) in [5.41, 5.74) is -0.183. The third-order valence-corrected chi connectivity index (χ3v) is 4.59. The number of imidazole rings is 1. The number of halogens is 1. The largest absolute Gasteiger partial charge is 0.377 e. The van der Waals surface area contributed by atoms with Crippen LogP contribution in [0.1, 0.15) is 43.5 Å². The molecule has 1 aromatic heterocycles. The molecule has 2 aromatic rings. The summed E-state index contributed by atoms with van der Waals surface area (Å²) in [6, 6.07) is 7.46. The van der Waals surface area contributed by atoms with Gasteiger partial charge < -0.3 is 10.1 Å². The lowest BCUT2D eigenvalue weighted by Gasteiger charge is -2.37. The van der Waals surface area contributed by atoms with Crippen LogP contribution in [-0.4, -0.2) is 15.1 Å². The zero-order valence-corrected chi connectivity index (χ0v) is 12.1. The molecule has 3 nitrogen and oxygen atoms in total. The van der Waals surface area contributed by atoms with E-state index in [1.54, 1.807) is 12.4 Å². The Morgan fingerprint density at radius 1 is 1.15 bits per heavy atom. The van der Waals surface area contributed by atoms with Gasteiger partial charge in [-0.15, -0.1) is 0 Å². The van der Waals surface area contributed by atoms with Crippen molar-refractivity contribution in [2.24, 2.45) is 5.92 Å². The molecule has 106 valence electrons. The van der Waals surface area contributed by atoms with Crippen LogP contribution in [0.4, 0.5) is 0 Å². The van der Waals surface area contributed by atoms with Gasteiger partial charge in [0.25, 0.3) is 0 Å². The van der Waals surface area contributed by atoms with Crippen LogP contribution in [0.15, 0.2) is 36.7 Å². The maximum absolute atomic E-state index is 11.4. The molecule has 0 radical (unpaired) electrons. The zero-order chi connectivity index (χ0) is 14.0. The molecule has 0 spiro atoms. The highest BCUT2D eigenvalue weighted by molar-refractivity contribution is 6.30. The monoisotopic (exact) mass is 290 g/mol. The highest BCUT2D eigenvalue weighted by Gasteiger charge is 2.42. The van der Waals surface area contributed by atoms with Crippen LogP contribution < -0.4 is 0 Å². The van der Waals surface area contributed by atoms with Crippen molar-refractivity contribution in [1.29, 1.82) is 0 Å². The second-order valence-corrected chi connectivity index (χ2v) is 5.98. The first-order valence-electron chi connectivity index (χ1n) is 7.19. The molecule has 20 heavy (non-hydrogen) atoms. The molecule has 1 unspecified atom stereocenters. The van der Waals surface area contributed by atoms with Crippen molar-refractivity contribution < 1.29 is 5.11 Å². The molecular weight excluding hydrogens is 272 g/mol. The maximum Gasteiger partial charge on any atom is 0.150 e. The number of aromatic nitrogens is 2. The van der Waals surface area contributed by atoms with E-state index in [1.807, 2.05) is 24.3 Å². The van der Waals surface area contributed by atoms with Gasteiger partial charge in [-0.05, 0) is 36.5 Å². The summed E-state index contributed by atoms with van der Waals surface area (Å²) in [7, 11) is 0. The lowest BCUT2D eigenvalue weighted by molar-refractivity contribution is -0.00774. The quantitative estimate of drug-likeness (QED) is 0.901. The summed E-state index contributed by atoms with van der Waals surface area (Å²) in [4.78, 5) is 7.42. The minimum Gasteiger partial charge on any atom is -0.377 e. The lowest BCUT2D eigenvalue weighted by Crippen LogP contribution is -2.38. The van der Waals surface area contributed by atoms with E-state index in [0.717, 1.165) is 18.4 Å². The highest BCUT2D eigenvalue weighted by Crippen LogP contribution is 2.42. The van der Waals surface area contributed by atoms with E-state index in [4.69, 9.17) is 11.6 Å². The van der Waals surface area contributed by atoms with E-state index in [1.165, 1.54) is 19.3 Å². The molecular formula is C16H19ClN2O. The molecule has 0 saturated heterocycles. The molecule has 3 rings (SSSR count). The summed E-state index contributed by atoms with van der Waals surface area (Å²) >= 11 is 5.97. The third-order valence-electron chi connectivity index (χ3n) is 4.34. The molecule has 1 fully saturated rings. The van der Waals surface area contributed by atoms with Crippen molar-refractivity contribution in [3.05, 3.63) is 53.1 Å². The topological polar surface area (TPSA) is 48.9 Å². The molecule has 1 aromatic carbocycles. The van der Waals surface area contributed by atoms with Gasteiger partial charge in [0.1, 0.15) is 11.4 Å². The molecule has 0 amide bonds. The van der Waals surface area contributed by atoms with Crippen molar-refractivity contribution >= 4 is 11.6 Å². The van der Waals surface area contributed by atoms with Crippen LogP contribution in [0.5, 0.6) is 0 Å². The molecule has 1 atom stereocenters. The zero-order valence-electron chi connectivity index (χ0n) is 11.3. The van der Waals surface area contributed by atoms with Crippen LogP contribution in [0.2, 0.25) is 5.02 Å². The Morgan fingerprint density at radius 2 is 1.85 bits per heavy atom. The van der Waals surface area contributed by atoms with Crippen LogP contribution in [0.25, 0.3) is 0 Å². The number of hydrogen-bond acceptors (Lipinski definition) is 2. The summed E-state index contributed by atoms with van der Waals surface area (Å²) < 4.78 is 0. The maximum atomic E-state index is 11.4. The van der Waals surface area contributed by atoms with Crippen LogP contribution in [-0.2, 0) is 5.60 Å². The molecule has 2 N–H and O–H groups in total. The van der Waals surface area contributed by atoms with E-state index < -0.39 is 5.60 Å². The average molecular weight is 291 g/mol. The van der Waals surface area contributed by atoms with Crippen molar-refractivity contribution in [3.63, 3.8) is 0 Å². The second kappa shape index (κ2) is 5.58. The minimum atomic E-state index is -1.05. The number of nitrogens with zero attached hydrogens (tertiary/aromatic N) is 1. The highest BCUT2D eigenvalue weighted by atomic mass is 35.5. The van der Waals surface area contributed by atoms with Crippen molar-refractivity contribution in [2.75, 3.05) is 0 Å². The van der Waals surface area contributed by atoms with Crippen molar-refractivity contribution in [1.82, 2.24) is 9.97 Å². The fraction of sp³-hybridized carbons (Fsp3) is 0.438. The number of benzene rings is 1. The van der Waals surface area contributed by atoms with Gasteiger partial charge in [0.15, 0.2) is 0 Å². The number of hydrogen-bond donors (Lipinski definition) is 2. The number of nitrogens with one attached hydrogen (secondary N) is 1. The van der Waals surface area contributed by atoms with Crippen molar-refractivity contribution in [2.45, 2.75) is 37.7 Å². The van der Waals surface area contributed by atoms with Crippen molar-refractivity contribution in [3.8, 4) is 0 Å². The molecule has 0 bridgehead atoms. The van der Waals surface area contributed by atoms with E-state index in [2.05, 4.69) is 9.97 Å². The van der Waals surface area contributed by atoms with Gasteiger partial charge >= 0.3 is 0 Å². The van der Waals surface area contributed by atoms with Gasteiger partial charge in [0.2, 0.25) is 0 Å². The number of aliphatic hydroxyl groups is 1. The van der Waals surface area contributed by atoms with Gasteiger partial charge in [0, 0.05) is 17.4 Å². The van der Waals surface area contributed by atoms with Gasteiger partial charge in [-0.25, -0.2) is 4.98 Å². The number of aromatic amines is 1. The Hall–Kier alpha value is -1.32. The lowest BCUT2D eigenvalue weighted by atomic mass is 9.73. The van der Waals surface area contributed by atoms with Crippen LogP contribution >= 0.6 is 11.6 Å². The van der Waals surface area contributed by atoms with Gasteiger partial charge in [0.05, 0.1) is 0 Å². The Balaban J connectivity index is 2.05. The Bertz CT molecular complexity index is 546. The summed E-state index contributed by atoms with van der Waals surface area (Å²) in [5, 5.41) is 12.1. The van der Waals surface area contributed by atoms with E-state index >= 15 is 0 Å². The molecule has 1 heterocycles. The fourth-order valence-electron chi connectivity index (χ4n) is 3.26. The SMILES string of the molecule is OC(c1ccc(Cl)cc1)(c1ncc[nH]1)C1CCCCC1. The van der Waals surface area contributed by atoms with E-state index in [0.29, 0.717) is 10.8 Å². The van der Waals surface area contributed by atoms with E-state index in [9.17, 15) is 5.11 Å². The molecule has 0 aliphatic heterocycles. The number of rotatable bonds is 3. The normalized spacial score (nSPS) is 19.7. The average Bonchev–Trinajstić information content (AvgIpc) is 3.03. The Kier molecular flexibility index (Phi) is 3.81. The van der Waals surface area contributed by atoms with Crippen LogP contribution in [0, 0.1) is 5.92 Å². The predicted octanol–water partition coefficient (Wildman–Crippen LogP) is 3.88. The first-order chi connectivity index (χ1) is 9.71. The Labute approximate surface area is 124 Å². The minimum absolute atomic E-state index is 0.198. The van der Waals surface area contributed by atoms with Gasteiger partial charge in [-0.2, -0.15) is 0 Å². The predicted molar refractivity (Wildman–Crippen MR) is 79.6 cm³/mol. The van der Waals surface area contributed by atoms with E-state index in [-0.39, 0.29) is 5.92 Å². The standard InChI is InChI=1S/C16H19ClN2O/c17-14-8-6-13(7-9-14)16(20,15-18-10-11-19-15)12-4-2-1-3-5-12/h6-12,20H,1-5H2,(H,18,19). The molecule has 1 aliphatic rings. The number of H-pyrrole nitrogens is 1. The van der Waals surface area contributed by atoms with Gasteiger partial charge in [-0.3, -0.25) is 0 Å². The molecule has 4 heteroatoms. The van der Waals surface area contributed by atoms with Crippen LogP contribution in [0.3, 0.4) is 0 Å². The Morgan fingerprint density at radius 3 is 2.45 bits per heavy atom. The first kappa shape index (κ1) is 13.7. The fourth-order valence-corrected chi connectivity index (χ4v) is 3.39. The van der Waals surface area contributed by atoms with Gasteiger partial charge in [-0.1, -0.05) is 43.0 Å². The second-order valence-electron chi connectivity index (χ2n) is 5.55. The smallest absolute Gasteiger partial charge is 0.150 e. The summed E-state index contributed by atoms with van der Waals surface area (Å²) in [6.07, 6.45) is 9.10. The summed E-state index contributed by atoms with van der Waals surface area (Å²) in [6.45, 7) is 0. The summed E-state index contributed by atoms with van der Waals surface area (Å²) in [5.74, 6) is 0.829. The third kappa shape index (κ3) is 2.36.